The van der Waals surface area contributed by atoms with E-state index >= 15 is 0 Å². The highest BCUT2D eigenvalue weighted by Crippen LogP contribution is 2.41. The summed E-state index contributed by atoms with van der Waals surface area (Å²) in [5, 5.41) is 9.87. The van der Waals surface area contributed by atoms with Gasteiger partial charge in [0.05, 0.1) is 16.7 Å². The molecule has 2 heterocycles. The van der Waals surface area contributed by atoms with Gasteiger partial charge in [0.1, 0.15) is 5.82 Å². The van der Waals surface area contributed by atoms with Crippen molar-refractivity contribution < 1.29 is 0 Å². The van der Waals surface area contributed by atoms with E-state index in [4.69, 9.17) is 9.97 Å². The highest BCUT2D eigenvalue weighted by molar-refractivity contribution is 6.28. The molecular weight excluding hydrogens is 522 g/mol. The van der Waals surface area contributed by atoms with Crippen LogP contribution in [0.3, 0.4) is 0 Å². The molecule has 0 spiro atoms. The molecule has 0 aliphatic carbocycles. The summed E-state index contributed by atoms with van der Waals surface area (Å²) >= 11 is 0. The van der Waals surface area contributed by atoms with Crippen molar-refractivity contribution in [3.8, 4) is 28.5 Å². The fraction of sp³-hybridized carbons (Fsp3) is 0. The van der Waals surface area contributed by atoms with Gasteiger partial charge >= 0.3 is 0 Å². The van der Waals surface area contributed by atoms with Gasteiger partial charge in [0.2, 0.25) is 0 Å². The minimum atomic E-state index is 0.707. The topological polar surface area (TPSA) is 30.7 Å². The molecule has 0 saturated heterocycles. The van der Waals surface area contributed by atoms with E-state index in [0.717, 1.165) is 33.7 Å². The molecule has 2 aromatic heterocycles. The first-order chi connectivity index (χ1) is 21.3. The first kappa shape index (κ1) is 23.9. The summed E-state index contributed by atoms with van der Waals surface area (Å²) in [5.41, 5.74) is 5.23. The minimum absolute atomic E-state index is 0.707. The van der Waals surface area contributed by atoms with Crippen molar-refractivity contribution in [2.75, 3.05) is 0 Å². The van der Waals surface area contributed by atoms with Crippen molar-refractivity contribution >= 4 is 54.1 Å². The second-order valence-electron chi connectivity index (χ2n) is 11.0. The lowest BCUT2D eigenvalue weighted by Gasteiger charge is -2.14. The van der Waals surface area contributed by atoms with Crippen LogP contribution >= 0.6 is 0 Å². The number of fused-ring (bicyclic) bond motifs is 9. The highest BCUT2D eigenvalue weighted by atomic mass is 15.1. The van der Waals surface area contributed by atoms with Gasteiger partial charge < -0.3 is 0 Å². The Morgan fingerprint density at radius 2 is 1.05 bits per heavy atom. The van der Waals surface area contributed by atoms with Crippen molar-refractivity contribution in [3.63, 3.8) is 0 Å². The molecule has 43 heavy (non-hydrogen) atoms. The molecule has 0 unspecified atom stereocenters. The maximum absolute atomic E-state index is 5.26. The smallest absolute Gasteiger partial charge is 0.162 e. The number of hydrogen-bond donors (Lipinski definition) is 0. The van der Waals surface area contributed by atoms with Crippen molar-refractivity contribution in [2.45, 2.75) is 0 Å². The predicted octanol–water partition coefficient (Wildman–Crippen LogP) is 10.4. The quantitative estimate of drug-likeness (QED) is 0.206. The second-order valence-corrected chi connectivity index (χ2v) is 11.0. The molecule has 0 saturated carbocycles. The average Bonchev–Trinajstić information content (AvgIpc) is 3.43. The lowest BCUT2D eigenvalue weighted by Crippen LogP contribution is -2.03. The van der Waals surface area contributed by atoms with Gasteiger partial charge in [-0.1, -0.05) is 140 Å². The normalized spacial score (nSPS) is 11.7. The molecule has 7 aromatic carbocycles. The van der Waals surface area contributed by atoms with Gasteiger partial charge in [-0.2, -0.15) is 0 Å². The molecule has 0 fully saturated rings. The second kappa shape index (κ2) is 9.37. The Morgan fingerprint density at radius 1 is 0.419 bits per heavy atom. The van der Waals surface area contributed by atoms with Gasteiger partial charge in [0.25, 0.3) is 0 Å². The summed E-state index contributed by atoms with van der Waals surface area (Å²) in [7, 11) is 0. The van der Waals surface area contributed by atoms with E-state index in [1.54, 1.807) is 0 Å². The number of nitrogens with zero attached hydrogens (tertiary/aromatic N) is 3. The van der Waals surface area contributed by atoms with Crippen LogP contribution in [0.4, 0.5) is 0 Å². The number of aromatic nitrogens is 3. The SMILES string of the molecule is c1ccc(-c2cc(-n3c4ccccc4c4ccc5ccc6c7ccccc7ccc6c5c43)nc(-c3ccccc3)n2)cc1. The summed E-state index contributed by atoms with van der Waals surface area (Å²) in [5.74, 6) is 1.56. The number of benzene rings is 7. The molecule has 0 N–H and O–H groups in total. The van der Waals surface area contributed by atoms with E-state index in [1.165, 1.54) is 43.1 Å². The summed E-state index contributed by atoms with van der Waals surface area (Å²) < 4.78 is 2.35. The molecule has 9 aromatic rings. The van der Waals surface area contributed by atoms with Crippen LogP contribution in [0.15, 0.2) is 152 Å². The molecule has 0 aliphatic rings. The Bertz CT molecular complexity index is 2440. The molecule has 3 heteroatoms. The predicted molar refractivity (Wildman–Crippen MR) is 180 cm³/mol. The van der Waals surface area contributed by atoms with Gasteiger partial charge in [-0.3, -0.25) is 4.57 Å². The van der Waals surface area contributed by atoms with Crippen LogP contribution in [0.5, 0.6) is 0 Å². The van der Waals surface area contributed by atoms with Gasteiger partial charge in [-0.25, -0.2) is 9.97 Å². The molecule has 3 nitrogen and oxygen atoms in total. The third-order valence-electron chi connectivity index (χ3n) is 8.58. The van der Waals surface area contributed by atoms with Gasteiger partial charge in [-0.05, 0) is 33.0 Å². The Kier molecular flexibility index (Phi) is 5.20. The minimum Gasteiger partial charge on any atom is -0.293 e. The van der Waals surface area contributed by atoms with Gasteiger partial charge in [0.15, 0.2) is 5.82 Å². The highest BCUT2D eigenvalue weighted by Gasteiger charge is 2.19. The molecule has 0 bridgehead atoms. The van der Waals surface area contributed by atoms with Crippen LogP contribution in [0.25, 0.3) is 82.6 Å². The first-order valence-corrected chi connectivity index (χ1v) is 14.6. The van der Waals surface area contributed by atoms with E-state index in [1.807, 2.05) is 24.3 Å². The zero-order valence-corrected chi connectivity index (χ0v) is 23.3. The summed E-state index contributed by atoms with van der Waals surface area (Å²) in [6, 6.07) is 53.7. The van der Waals surface area contributed by atoms with E-state index in [-0.39, 0.29) is 0 Å². The lowest BCUT2D eigenvalue weighted by atomic mass is 9.95. The third-order valence-corrected chi connectivity index (χ3v) is 8.58. The standard InChI is InChI=1S/C40H25N3/c1-3-12-27(13-4-1)35-25-37(42-40(41-35)29-14-5-2-6-15-29)43-36-18-10-9-17-32(36)34-24-21-28-20-22-31-30-16-8-7-11-26(30)19-23-33(31)38(28)39(34)43/h1-25H. The Balaban J connectivity index is 1.46. The largest absolute Gasteiger partial charge is 0.293 e. The Morgan fingerprint density at radius 3 is 1.86 bits per heavy atom. The van der Waals surface area contributed by atoms with E-state index in [9.17, 15) is 0 Å². The van der Waals surface area contributed by atoms with Crippen LogP contribution in [0.1, 0.15) is 0 Å². The number of hydrogen-bond acceptors (Lipinski definition) is 2. The zero-order valence-electron chi connectivity index (χ0n) is 23.3. The molecule has 0 aliphatic heterocycles. The maximum Gasteiger partial charge on any atom is 0.162 e. The molecule has 0 amide bonds. The zero-order chi connectivity index (χ0) is 28.3. The lowest BCUT2D eigenvalue weighted by molar-refractivity contribution is 1.05. The number of rotatable bonds is 3. The molecule has 200 valence electrons. The molecular formula is C40H25N3. The first-order valence-electron chi connectivity index (χ1n) is 14.6. The van der Waals surface area contributed by atoms with E-state index < -0.39 is 0 Å². The summed E-state index contributed by atoms with van der Waals surface area (Å²) in [6.07, 6.45) is 0. The molecule has 0 radical (unpaired) electrons. The van der Waals surface area contributed by atoms with Crippen LogP contribution < -0.4 is 0 Å². The fourth-order valence-corrected chi connectivity index (χ4v) is 6.62. The van der Waals surface area contributed by atoms with Crippen molar-refractivity contribution in [1.29, 1.82) is 0 Å². The molecule has 0 atom stereocenters. The van der Waals surface area contributed by atoms with Gasteiger partial charge in [-0.15, -0.1) is 0 Å². The van der Waals surface area contributed by atoms with Crippen molar-refractivity contribution in [2.24, 2.45) is 0 Å². The fourth-order valence-electron chi connectivity index (χ4n) is 6.62. The monoisotopic (exact) mass is 547 g/mol. The maximum atomic E-state index is 5.26. The Labute approximate surface area is 248 Å². The average molecular weight is 548 g/mol. The van der Waals surface area contributed by atoms with Crippen LogP contribution in [-0.2, 0) is 0 Å². The molecule has 9 rings (SSSR count). The van der Waals surface area contributed by atoms with Crippen LogP contribution in [0, 0.1) is 0 Å². The van der Waals surface area contributed by atoms with E-state index in [2.05, 4.69) is 132 Å². The third kappa shape index (κ3) is 3.68. The Hall–Kier alpha value is -5.80. The van der Waals surface area contributed by atoms with Crippen molar-refractivity contribution in [1.82, 2.24) is 14.5 Å². The van der Waals surface area contributed by atoms with Gasteiger partial charge in [0, 0.05) is 33.4 Å². The van der Waals surface area contributed by atoms with Crippen LogP contribution in [-0.4, -0.2) is 14.5 Å². The summed E-state index contributed by atoms with van der Waals surface area (Å²) in [4.78, 5) is 10.3. The van der Waals surface area contributed by atoms with Crippen LogP contribution in [0.2, 0.25) is 0 Å². The van der Waals surface area contributed by atoms with E-state index in [0.29, 0.717) is 5.82 Å². The summed E-state index contributed by atoms with van der Waals surface area (Å²) in [6.45, 7) is 0. The van der Waals surface area contributed by atoms with Crippen molar-refractivity contribution in [3.05, 3.63) is 152 Å². The number of para-hydroxylation sites is 1.